The molecular formula is C17H24N2O4S. The molecule has 0 bridgehead atoms. The van der Waals surface area contributed by atoms with E-state index in [1.807, 2.05) is 0 Å². The predicted octanol–water partition coefficient (Wildman–Crippen LogP) is 2.24. The molecule has 6 nitrogen and oxygen atoms in total. The number of rotatable bonds is 4. The fourth-order valence-electron chi connectivity index (χ4n) is 3.46. The second-order valence-corrected chi connectivity index (χ2v) is 8.53. The Labute approximate surface area is 143 Å². The van der Waals surface area contributed by atoms with Gasteiger partial charge in [0.15, 0.2) is 0 Å². The van der Waals surface area contributed by atoms with Crippen LogP contribution >= 0.6 is 0 Å². The molecule has 24 heavy (non-hydrogen) atoms. The number of hydrogen-bond donors (Lipinski definition) is 0. The van der Waals surface area contributed by atoms with Crippen LogP contribution in [0.15, 0.2) is 23.1 Å². The van der Waals surface area contributed by atoms with Crippen LogP contribution in [0.5, 0.6) is 5.75 Å². The van der Waals surface area contributed by atoms with Gasteiger partial charge in [-0.3, -0.25) is 4.79 Å². The molecule has 2 aliphatic rings. The number of amides is 1. The number of hydrogen-bond acceptors (Lipinski definition) is 4. The molecule has 1 atom stereocenters. The maximum absolute atomic E-state index is 13.0. The topological polar surface area (TPSA) is 66.9 Å². The average Bonchev–Trinajstić information content (AvgIpc) is 3.00. The number of methoxy groups -OCH3 is 1. The summed E-state index contributed by atoms with van der Waals surface area (Å²) in [5.41, 5.74) is 0.547. The van der Waals surface area contributed by atoms with Crippen molar-refractivity contribution in [3.8, 4) is 5.75 Å². The lowest BCUT2D eigenvalue weighted by atomic mass is 10.0. The van der Waals surface area contributed by atoms with Crippen LogP contribution in [0.25, 0.3) is 0 Å². The van der Waals surface area contributed by atoms with E-state index in [-0.39, 0.29) is 10.8 Å². The molecule has 0 saturated carbocycles. The third-order valence-electron chi connectivity index (χ3n) is 4.77. The first kappa shape index (κ1) is 17.2. The van der Waals surface area contributed by atoms with Crippen molar-refractivity contribution in [2.45, 2.75) is 37.5 Å². The van der Waals surface area contributed by atoms with Crippen LogP contribution in [0.3, 0.4) is 0 Å². The van der Waals surface area contributed by atoms with E-state index in [1.54, 1.807) is 27.4 Å². The molecule has 132 valence electrons. The zero-order valence-corrected chi connectivity index (χ0v) is 15.0. The van der Waals surface area contributed by atoms with E-state index in [9.17, 15) is 13.2 Å². The molecule has 1 aromatic carbocycles. The molecule has 2 saturated heterocycles. The number of benzene rings is 1. The van der Waals surface area contributed by atoms with Gasteiger partial charge in [-0.2, -0.15) is 4.31 Å². The van der Waals surface area contributed by atoms with Gasteiger partial charge in [-0.1, -0.05) is 6.92 Å². The highest BCUT2D eigenvalue weighted by atomic mass is 32.2. The van der Waals surface area contributed by atoms with Crippen molar-refractivity contribution < 1.29 is 17.9 Å². The van der Waals surface area contributed by atoms with Crippen molar-refractivity contribution in [3.05, 3.63) is 18.2 Å². The van der Waals surface area contributed by atoms with E-state index in [0.29, 0.717) is 43.4 Å². The molecule has 0 aromatic heterocycles. The lowest BCUT2D eigenvalue weighted by molar-refractivity contribution is -0.117. The van der Waals surface area contributed by atoms with Crippen molar-refractivity contribution in [2.75, 3.05) is 31.6 Å². The van der Waals surface area contributed by atoms with Gasteiger partial charge < -0.3 is 9.64 Å². The first-order valence-corrected chi connectivity index (χ1v) is 9.86. The number of carbonyl (C=O) groups is 1. The second kappa shape index (κ2) is 6.72. The Bertz CT molecular complexity index is 732. The third kappa shape index (κ3) is 3.15. The van der Waals surface area contributed by atoms with E-state index < -0.39 is 10.0 Å². The van der Waals surface area contributed by atoms with Crippen LogP contribution in [0.4, 0.5) is 5.69 Å². The standard InChI is InChI=1S/C17H24N2O4S/c1-13-5-3-9-18(12-13)24(21,22)14-7-8-16(23-2)15(11-14)19-10-4-6-17(19)20/h7-8,11,13H,3-6,9-10,12H2,1-2H3/t13-/m0/s1. The molecule has 0 unspecified atom stereocenters. The number of sulfonamides is 1. The summed E-state index contributed by atoms with van der Waals surface area (Å²) in [6.45, 7) is 3.77. The van der Waals surface area contributed by atoms with Gasteiger partial charge in [-0.05, 0) is 43.4 Å². The summed E-state index contributed by atoms with van der Waals surface area (Å²) in [7, 11) is -2.02. The summed E-state index contributed by atoms with van der Waals surface area (Å²) in [4.78, 5) is 13.9. The summed E-state index contributed by atoms with van der Waals surface area (Å²) >= 11 is 0. The van der Waals surface area contributed by atoms with Crippen LogP contribution in [0.2, 0.25) is 0 Å². The lowest BCUT2D eigenvalue weighted by Gasteiger charge is -2.30. The minimum atomic E-state index is -3.55. The Balaban J connectivity index is 1.97. The molecule has 0 aliphatic carbocycles. The molecule has 7 heteroatoms. The Morgan fingerprint density at radius 3 is 2.62 bits per heavy atom. The van der Waals surface area contributed by atoms with Crippen molar-refractivity contribution in [1.29, 1.82) is 0 Å². The van der Waals surface area contributed by atoms with Gasteiger partial charge in [-0.25, -0.2) is 8.42 Å². The molecule has 1 amide bonds. The zero-order valence-electron chi connectivity index (χ0n) is 14.2. The minimum absolute atomic E-state index is 0.00874. The Hall–Kier alpha value is -1.60. The maximum atomic E-state index is 13.0. The number of piperidine rings is 1. The molecule has 2 aliphatic heterocycles. The van der Waals surface area contributed by atoms with Gasteiger partial charge in [-0.15, -0.1) is 0 Å². The molecule has 0 radical (unpaired) electrons. The fraction of sp³-hybridized carbons (Fsp3) is 0.588. The van der Waals surface area contributed by atoms with Gasteiger partial charge in [0.2, 0.25) is 15.9 Å². The Kier molecular flexibility index (Phi) is 4.83. The smallest absolute Gasteiger partial charge is 0.243 e. The first-order chi connectivity index (χ1) is 11.4. The normalized spacial score (nSPS) is 22.8. The fourth-order valence-corrected chi connectivity index (χ4v) is 5.08. The summed E-state index contributed by atoms with van der Waals surface area (Å²) < 4.78 is 32.8. The predicted molar refractivity (Wildman–Crippen MR) is 91.7 cm³/mol. The SMILES string of the molecule is COc1ccc(S(=O)(=O)N2CCC[C@H](C)C2)cc1N1CCCC1=O. The quantitative estimate of drug-likeness (QED) is 0.833. The van der Waals surface area contributed by atoms with Crippen molar-refractivity contribution in [2.24, 2.45) is 5.92 Å². The van der Waals surface area contributed by atoms with E-state index in [4.69, 9.17) is 4.74 Å². The molecule has 2 heterocycles. The summed E-state index contributed by atoms with van der Waals surface area (Å²) in [6, 6.07) is 4.79. The van der Waals surface area contributed by atoms with Crippen molar-refractivity contribution in [3.63, 3.8) is 0 Å². The van der Waals surface area contributed by atoms with Crippen LogP contribution in [0, 0.1) is 5.92 Å². The largest absolute Gasteiger partial charge is 0.495 e. The average molecular weight is 352 g/mol. The van der Waals surface area contributed by atoms with Crippen LogP contribution in [-0.4, -0.2) is 45.4 Å². The molecule has 3 rings (SSSR count). The number of nitrogens with zero attached hydrogens (tertiary/aromatic N) is 2. The molecule has 0 N–H and O–H groups in total. The lowest BCUT2D eigenvalue weighted by Crippen LogP contribution is -2.39. The molecular weight excluding hydrogens is 328 g/mol. The highest BCUT2D eigenvalue weighted by Crippen LogP contribution is 2.35. The van der Waals surface area contributed by atoms with Crippen LogP contribution < -0.4 is 9.64 Å². The van der Waals surface area contributed by atoms with E-state index in [1.165, 1.54) is 7.11 Å². The molecule has 0 spiro atoms. The van der Waals surface area contributed by atoms with E-state index >= 15 is 0 Å². The highest BCUT2D eigenvalue weighted by Gasteiger charge is 2.31. The maximum Gasteiger partial charge on any atom is 0.243 e. The van der Waals surface area contributed by atoms with Gasteiger partial charge in [0.05, 0.1) is 17.7 Å². The monoisotopic (exact) mass is 352 g/mol. The van der Waals surface area contributed by atoms with Crippen molar-refractivity contribution in [1.82, 2.24) is 4.31 Å². The highest BCUT2D eigenvalue weighted by molar-refractivity contribution is 7.89. The number of anilines is 1. The van der Waals surface area contributed by atoms with Crippen molar-refractivity contribution >= 4 is 21.6 Å². The van der Waals surface area contributed by atoms with Gasteiger partial charge in [0.1, 0.15) is 5.75 Å². The number of carbonyl (C=O) groups excluding carboxylic acids is 1. The van der Waals surface area contributed by atoms with E-state index in [2.05, 4.69) is 6.92 Å². The van der Waals surface area contributed by atoms with E-state index in [0.717, 1.165) is 19.3 Å². The summed E-state index contributed by atoms with van der Waals surface area (Å²) in [5, 5.41) is 0. The number of ether oxygens (including phenoxy) is 1. The second-order valence-electron chi connectivity index (χ2n) is 6.59. The third-order valence-corrected chi connectivity index (χ3v) is 6.63. The Morgan fingerprint density at radius 2 is 2.00 bits per heavy atom. The van der Waals surface area contributed by atoms with Gasteiger partial charge >= 0.3 is 0 Å². The zero-order chi connectivity index (χ0) is 17.3. The summed E-state index contributed by atoms with van der Waals surface area (Å²) in [6.07, 6.45) is 3.21. The minimum Gasteiger partial charge on any atom is -0.495 e. The molecule has 2 fully saturated rings. The van der Waals surface area contributed by atoms with Crippen LogP contribution in [-0.2, 0) is 14.8 Å². The first-order valence-electron chi connectivity index (χ1n) is 8.42. The summed E-state index contributed by atoms with van der Waals surface area (Å²) in [5.74, 6) is 0.900. The van der Waals surface area contributed by atoms with Crippen LogP contribution in [0.1, 0.15) is 32.6 Å². The van der Waals surface area contributed by atoms with Gasteiger partial charge in [0.25, 0.3) is 0 Å². The molecule has 1 aromatic rings. The van der Waals surface area contributed by atoms with Gasteiger partial charge in [0, 0.05) is 26.1 Å². The Morgan fingerprint density at radius 1 is 1.21 bits per heavy atom.